The average Bonchev–Trinajstić information content (AvgIpc) is 2.88. The molecule has 3 aromatic rings. The average molecular weight is 330 g/mol. The maximum atomic E-state index is 12.9. The van der Waals surface area contributed by atoms with Crippen LogP contribution in [0, 0.1) is 12.7 Å². The van der Waals surface area contributed by atoms with E-state index in [1.54, 1.807) is 18.3 Å². The Morgan fingerprint density at radius 2 is 2.00 bits per heavy atom. The van der Waals surface area contributed by atoms with Crippen LogP contribution >= 0.6 is 11.3 Å². The molecular weight excluding hydrogens is 315 g/mol. The van der Waals surface area contributed by atoms with Crippen LogP contribution in [0.5, 0.6) is 5.75 Å². The largest absolute Gasteiger partial charge is 0.481 e. The van der Waals surface area contributed by atoms with Crippen LogP contribution in [0.25, 0.3) is 10.2 Å². The number of carbonyl (C=O) groups is 1. The van der Waals surface area contributed by atoms with Gasteiger partial charge >= 0.3 is 0 Å². The summed E-state index contributed by atoms with van der Waals surface area (Å²) < 4.78 is 19.4. The Labute approximate surface area is 136 Å². The molecule has 1 unspecified atom stereocenters. The second-order valence-electron chi connectivity index (χ2n) is 5.12. The van der Waals surface area contributed by atoms with Gasteiger partial charge in [0.05, 0.1) is 15.2 Å². The number of thiazole rings is 1. The van der Waals surface area contributed by atoms with Gasteiger partial charge in [0.2, 0.25) is 0 Å². The van der Waals surface area contributed by atoms with E-state index in [0.29, 0.717) is 11.4 Å². The van der Waals surface area contributed by atoms with Crippen molar-refractivity contribution in [3.8, 4) is 5.75 Å². The summed E-state index contributed by atoms with van der Waals surface area (Å²) in [5.74, 6) is -0.167. The molecule has 0 saturated heterocycles. The molecule has 6 heteroatoms. The Kier molecular flexibility index (Phi) is 4.25. The maximum Gasteiger partial charge on any atom is 0.265 e. The number of aryl methyl sites for hydroxylation is 1. The molecular formula is C17H15FN2O2S. The normalized spacial score (nSPS) is 12.1. The van der Waals surface area contributed by atoms with E-state index in [2.05, 4.69) is 10.3 Å². The highest BCUT2D eigenvalue weighted by atomic mass is 32.1. The highest BCUT2D eigenvalue weighted by Crippen LogP contribution is 2.25. The molecule has 1 amide bonds. The monoisotopic (exact) mass is 330 g/mol. The van der Waals surface area contributed by atoms with E-state index in [1.165, 1.54) is 24.3 Å². The summed E-state index contributed by atoms with van der Waals surface area (Å²) >= 11 is 1.58. The van der Waals surface area contributed by atoms with Gasteiger partial charge in [-0.2, -0.15) is 0 Å². The van der Waals surface area contributed by atoms with Crippen molar-refractivity contribution in [2.75, 3.05) is 5.32 Å². The van der Waals surface area contributed by atoms with Crippen molar-refractivity contribution < 1.29 is 13.9 Å². The van der Waals surface area contributed by atoms with E-state index >= 15 is 0 Å². The zero-order valence-corrected chi connectivity index (χ0v) is 13.5. The smallest absolute Gasteiger partial charge is 0.265 e. The zero-order valence-electron chi connectivity index (χ0n) is 12.7. The number of fused-ring (bicyclic) bond motifs is 1. The van der Waals surface area contributed by atoms with Crippen LogP contribution < -0.4 is 10.1 Å². The van der Waals surface area contributed by atoms with Crippen LogP contribution in [0.15, 0.2) is 42.5 Å². The molecule has 0 aliphatic heterocycles. The minimum atomic E-state index is -0.695. The third-order valence-electron chi connectivity index (χ3n) is 3.26. The summed E-state index contributed by atoms with van der Waals surface area (Å²) in [6.45, 7) is 3.59. The van der Waals surface area contributed by atoms with Gasteiger partial charge in [0.1, 0.15) is 11.6 Å². The summed E-state index contributed by atoms with van der Waals surface area (Å²) in [5.41, 5.74) is 1.61. The van der Waals surface area contributed by atoms with Crippen molar-refractivity contribution in [2.45, 2.75) is 20.0 Å². The van der Waals surface area contributed by atoms with Gasteiger partial charge in [0.25, 0.3) is 5.91 Å². The summed E-state index contributed by atoms with van der Waals surface area (Å²) in [6, 6.07) is 11.1. The van der Waals surface area contributed by atoms with E-state index in [1.807, 2.05) is 25.1 Å². The van der Waals surface area contributed by atoms with Crippen molar-refractivity contribution in [3.05, 3.63) is 53.3 Å². The second kappa shape index (κ2) is 6.34. The molecule has 0 saturated carbocycles. The number of rotatable bonds is 4. The molecule has 3 rings (SSSR count). The van der Waals surface area contributed by atoms with Crippen molar-refractivity contribution in [1.29, 1.82) is 0 Å². The van der Waals surface area contributed by atoms with E-state index in [9.17, 15) is 9.18 Å². The molecule has 1 heterocycles. The highest BCUT2D eigenvalue weighted by Gasteiger charge is 2.15. The summed E-state index contributed by atoms with van der Waals surface area (Å²) in [6.07, 6.45) is -0.695. The second-order valence-corrected chi connectivity index (χ2v) is 6.35. The highest BCUT2D eigenvalue weighted by molar-refractivity contribution is 7.18. The third-order valence-corrected chi connectivity index (χ3v) is 4.19. The standard InChI is InChI=1S/C17H15FN2O2S/c1-10(22-14-6-3-12(18)4-7-14)17(21)20-13-5-8-15-16(9-13)23-11(2)19-15/h3-10H,1-2H3,(H,20,21). The fraction of sp³-hybridized carbons (Fsp3) is 0.176. The fourth-order valence-electron chi connectivity index (χ4n) is 2.13. The molecule has 2 aromatic carbocycles. The van der Waals surface area contributed by atoms with Gasteiger partial charge in [-0.05, 0) is 56.3 Å². The van der Waals surface area contributed by atoms with Gasteiger partial charge < -0.3 is 10.1 Å². The number of hydrogen-bond donors (Lipinski definition) is 1. The first-order valence-corrected chi connectivity index (χ1v) is 7.93. The van der Waals surface area contributed by atoms with E-state index in [0.717, 1.165) is 15.2 Å². The summed E-state index contributed by atoms with van der Waals surface area (Å²) in [5, 5.41) is 3.80. The number of aromatic nitrogens is 1. The zero-order chi connectivity index (χ0) is 16.4. The van der Waals surface area contributed by atoms with Crippen molar-refractivity contribution in [2.24, 2.45) is 0 Å². The van der Waals surface area contributed by atoms with Crippen LogP contribution in [0.2, 0.25) is 0 Å². The number of hydrogen-bond acceptors (Lipinski definition) is 4. The number of carbonyl (C=O) groups excluding carboxylic acids is 1. The molecule has 0 aliphatic rings. The molecule has 23 heavy (non-hydrogen) atoms. The minimum Gasteiger partial charge on any atom is -0.481 e. The molecule has 0 fully saturated rings. The molecule has 0 spiro atoms. The maximum absolute atomic E-state index is 12.9. The minimum absolute atomic E-state index is 0.269. The van der Waals surface area contributed by atoms with Crippen molar-refractivity contribution in [3.63, 3.8) is 0 Å². The van der Waals surface area contributed by atoms with E-state index in [-0.39, 0.29) is 11.7 Å². The molecule has 4 nitrogen and oxygen atoms in total. The predicted octanol–water partition coefficient (Wildman–Crippen LogP) is 4.15. The van der Waals surface area contributed by atoms with Gasteiger partial charge in [-0.3, -0.25) is 4.79 Å². The summed E-state index contributed by atoms with van der Waals surface area (Å²) in [4.78, 5) is 16.6. The van der Waals surface area contributed by atoms with Crippen molar-refractivity contribution in [1.82, 2.24) is 4.98 Å². The molecule has 1 atom stereocenters. The van der Waals surface area contributed by atoms with Crippen LogP contribution in [-0.4, -0.2) is 17.0 Å². The van der Waals surface area contributed by atoms with E-state index in [4.69, 9.17) is 4.74 Å². The van der Waals surface area contributed by atoms with Crippen LogP contribution in [0.1, 0.15) is 11.9 Å². The number of nitrogens with one attached hydrogen (secondary N) is 1. The molecule has 1 aromatic heterocycles. The quantitative estimate of drug-likeness (QED) is 0.782. The van der Waals surface area contributed by atoms with Gasteiger partial charge in [-0.15, -0.1) is 11.3 Å². The van der Waals surface area contributed by atoms with Gasteiger partial charge in [0, 0.05) is 5.69 Å². The number of ether oxygens (including phenoxy) is 1. The van der Waals surface area contributed by atoms with Gasteiger partial charge in [-0.1, -0.05) is 0 Å². The lowest BCUT2D eigenvalue weighted by molar-refractivity contribution is -0.122. The lowest BCUT2D eigenvalue weighted by atomic mass is 10.2. The Morgan fingerprint density at radius 3 is 2.74 bits per heavy atom. The lowest BCUT2D eigenvalue weighted by Gasteiger charge is -2.14. The molecule has 0 radical (unpaired) electrons. The Balaban J connectivity index is 1.67. The number of anilines is 1. The molecule has 0 aliphatic carbocycles. The van der Waals surface area contributed by atoms with Crippen LogP contribution in [0.3, 0.4) is 0 Å². The first kappa shape index (κ1) is 15.4. The first-order chi connectivity index (χ1) is 11.0. The Bertz CT molecular complexity index is 845. The van der Waals surface area contributed by atoms with Crippen LogP contribution in [0.4, 0.5) is 10.1 Å². The predicted molar refractivity (Wildman–Crippen MR) is 89.5 cm³/mol. The van der Waals surface area contributed by atoms with E-state index < -0.39 is 6.10 Å². The van der Waals surface area contributed by atoms with Gasteiger partial charge in [0.15, 0.2) is 6.10 Å². The molecule has 0 bridgehead atoms. The fourth-order valence-corrected chi connectivity index (χ4v) is 3.00. The lowest BCUT2D eigenvalue weighted by Crippen LogP contribution is -2.30. The first-order valence-electron chi connectivity index (χ1n) is 7.11. The number of benzene rings is 2. The number of amides is 1. The summed E-state index contributed by atoms with van der Waals surface area (Å²) in [7, 11) is 0. The molecule has 1 N–H and O–H groups in total. The number of nitrogens with zero attached hydrogens (tertiary/aromatic N) is 1. The molecule has 118 valence electrons. The number of halogens is 1. The Morgan fingerprint density at radius 1 is 1.26 bits per heavy atom. The topological polar surface area (TPSA) is 51.2 Å². The SMILES string of the molecule is Cc1nc2ccc(NC(=O)C(C)Oc3ccc(F)cc3)cc2s1. The van der Waals surface area contributed by atoms with Gasteiger partial charge in [-0.25, -0.2) is 9.37 Å². The van der Waals surface area contributed by atoms with Crippen molar-refractivity contribution >= 4 is 33.1 Å². The van der Waals surface area contributed by atoms with Crippen LogP contribution in [-0.2, 0) is 4.79 Å². The Hall–Kier alpha value is -2.47. The third kappa shape index (κ3) is 3.65.